The molecule has 0 fully saturated rings. The summed E-state index contributed by atoms with van der Waals surface area (Å²) < 4.78 is 0. The largest absolute Gasteiger partial charge is 0.507 e. The zero-order valence-electron chi connectivity index (χ0n) is 10.9. The molecule has 0 aliphatic heterocycles. The van der Waals surface area contributed by atoms with Crippen molar-refractivity contribution in [2.24, 2.45) is 5.41 Å². The number of benzene rings is 1. The maximum absolute atomic E-state index is 11.6. The summed E-state index contributed by atoms with van der Waals surface area (Å²) in [5.74, 6) is -0.751. The van der Waals surface area contributed by atoms with Crippen LogP contribution in [0.3, 0.4) is 0 Å². The first-order valence-electron chi connectivity index (χ1n) is 6.24. The molecular weight excluding hydrogens is 242 g/mol. The smallest absolute Gasteiger partial charge is 0.336 e. The van der Waals surface area contributed by atoms with Crippen molar-refractivity contribution in [1.29, 1.82) is 0 Å². The van der Waals surface area contributed by atoms with Crippen molar-refractivity contribution in [3.8, 4) is 5.75 Å². The molecule has 0 bridgehead atoms. The lowest BCUT2D eigenvalue weighted by atomic mass is 9.90. The number of hydrogen-bond donors (Lipinski definition) is 2. The number of carboxylic acid groups (broad SMARTS) is 1. The van der Waals surface area contributed by atoms with Gasteiger partial charge in [0.05, 0.1) is 5.56 Å². The topological polar surface area (TPSA) is 70.4 Å². The lowest BCUT2D eigenvalue weighted by Crippen LogP contribution is -2.10. The second kappa shape index (κ2) is 3.70. The molecule has 4 heteroatoms. The number of pyridine rings is 1. The number of hydrogen-bond acceptors (Lipinski definition) is 3. The van der Waals surface area contributed by atoms with Crippen molar-refractivity contribution in [3.05, 3.63) is 35.2 Å². The summed E-state index contributed by atoms with van der Waals surface area (Å²) in [6.45, 7) is 4.17. The van der Waals surface area contributed by atoms with Crippen molar-refractivity contribution in [2.45, 2.75) is 26.7 Å². The third-order valence-corrected chi connectivity index (χ3v) is 3.82. The van der Waals surface area contributed by atoms with E-state index in [1.165, 1.54) is 6.20 Å². The molecule has 3 rings (SSSR count). The maximum Gasteiger partial charge on any atom is 0.336 e. The fourth-order valence-electron chi connectivity index (χ4n) is 3.07. The van der Waals surface area contributed by atoms with Crippen LogP contribution in [0.5, 0.6) is 5.75 Å². The molecule has 98 valence electrons. The molecular formula is C15H15NO3. The average Bonchev–Trinajstić information content (AvgIpc) is 2.65. The first kappa shape index (κ1) is 12.0. The molecule has 1 aromatic heterocycles. The van der Waals surface area contributed by atoms with E-state index in [1.54, 1.807) is 12.3 Å². The number of phenols is 1. The van der Waals surface area contributed by atoms with Gasteiger partial charge in [0.25, 0.3) is 0 Å². The third kappa shape index (κ3) is 1.67. The van der Waals surface area contributed by atoms with Gasteiger partial charge in [0, 0.05) is 23.2 Å². The second-order valence-corrected chi connectivity index (χ2v) is 5.92. The Morgan fingerprint density at radius 2 is 1.95 bits per heavy atom. The molecule has 0 spiro atoms. The first-order valence-corrected chi connectivity index (χ1v) is 6.24. The highest BCUT2D eigenvalue weighted by Gasteiger charge is 2.35. The molecule has 1 aromatic carbocycles. The molecule has 1 aliphatic rings. The van der Waals surface area contributed by atoms with Crippen molar-refractivity contribution in [3.63, 3.8) is 0 Å². The summed E-state index contributed by atoms with van der Waals surface area (Å²) in [6.07, 6.45) is 4.46. The van der Waals surface area contributed by atoms with Gasteiger partial charge in [-0.3, -0.25) is 4.98 Å². The Balaban J connectivity index is 2.45. The van der Waals surface area contributed by atoms with Crippen LogP contribution in [-0.2, 0) is 12.8 Å². The van der Waals surface area contributed by atoms with Gasteiger partial charge in [-0.05, 0) is 35.4 Å². The van der Waals surface area contributed by atoms with Gasteiger partial charge in [-0.2, -0.15) is 0 Å². The van der Waals surface area contributed by atoms with E-state index in [2.05, 4.69) is 18.8 Å². The molecule has 2 N–H and O–H groups in total. The lowest BCUT2D eigenvalue weighted by molar-refractivity contribution is 0.0698. The zero-order valence-corrected chi connectivity index (χ0v) is 10.9. The van der Waals surface area contributed by atoms with Gasteiger partial charge in [-0.25, -0.2) is 4.79 Å². The van der Waals surface area contributed by atoms with Crippen molar-refractivity contribution in [1.82, 2.24) is 4.98 Å². The number of phenolic OH excluding ortho intramolecular Hbond substituents is 1. The SMILES string of the molecule is CC1(C)Cc2c(c(C(=O)O)c3ccncc3c2O)C1. The van der Waals surface area contributed by atoms with Crippen LogP contribution < -0.4 is 0 Å². The highest BCUT2D eigenvalue weighted by atomic mass is 16.4. The van der Waals surface area contributed by atoms with E-state index in [1.807, 2.05) is 0 Å². The minimum atomic E-state index is -0.940. The van der Waals surface area contributed by atoms with Crippen molar-refractivity contribution in [2.75, 3.05) is 0 Å². The predicted molar refractivity (Wildman–Crippen MR) is 71.6 cm³/mol. The van der Waals surface area contributed by atoms with E-state index in [-0.39, 0.29) is 11.2 Å². The Labute approximate surface area is 110 Å². The van der Waals surface area contributed by atoms with Crippen LogP contribution in [0.15, 0.2) is 18.5 Å². The van der Waals surface area contributed by atoms with E-state index in [0.29, 0.717) is 29.2 Å². The Morgan fingerprint density at radius 1 is 1.26 bits per heavy atom. The van der Waals surface area contributed by atoms with E-state index in [9.17, 15) is 15.0 Å². The molecule has 4 nitrogen and oxygen atoms in total. The minimum absolute atomic E-state index is 0.0190. The summed E-state index contributed by atoms with van der Waals surface area (Å²) in [5.41, 5.74) is 1.84. The highest BCUT2D eigenvalue weighted by molar-refractivity contribution is 6.07. The molecule has 1 aliphatic carbocycles. The molecule has 0 atom stereocenters. The minimum Gasteiger partial charge on any atom is -0.507 e. The van der Waals surface area contributed by atoms with Gasteiger partial charge in [-0.1, -0.05) is 13.8 Å². The van der Waals surface area contributed by atoms with Crippen LogP contribution in [0.25, 0.3) is 10.8 Å². The van der Waals surface area contributed by atoms with Crippen molar-refractivity contribution >= 4 is 16.7 Å². The van der Waals surface area contributed by atoms with Gasteiger partial charge >= 0.3 is 5.97 Å². The van der Waals surface area contributed by atoms with Crippen LogP contribution in [0.1, 0.15) is 35.3 Å². The van der Waals surface area contributed by atoms with E-state index >= 15 is 0 Å². The number of carbonyl (C=O) groups is 1. The quantitative estimate of drug-likeness (QED) is 0.824. The number of rotatable bonds is 1. The molecule has 2 aromatic rings. The lowest BCUT2D eigenvalue weighted by Gasteiger charge is -2.15. The first-order chi connectivity index (χ1) is 8.91. The molecule has 0 saturated carbocycles. The van der Waals surface area contributed by atoms with Crippen LogP contribution in [-0.4, -0.2) is 21.2 Å². The van der Waals surface area contributed by atoms with Crippen molar-refractivity contribution < 1.29 is 15.0 Å². The average molecular weight is 257 g/mol. The number of nitrogens with zero attached hydrogens (tertiary/aromatic N) is 1. The number of carboxylic acids is 1. The van der Waals surface area contributed by atoms with E-state index in [0.717, 1.165) is 11.1 Å². The number of aromatic hydroxyl groups is 1. The third-order valence-electron chi connectivity index (χ3n) is 3.82. The number of aromatic carboxylic acids is 1. The zero-order chi connectivity index (χ0) is 13.8. The fraction of sp³-hybridized carbons (Fsp3) is 0.333. The summed E-state index contributed by atoms with van der Waals surface area (Å²) in [7, 11) is 0. The summed E-state index contributed by atoms with van der Waals surface area (Å²) in [5, 5.41) is 21.0. The van der Waals surface area contributed by atoms with Crippen LogP contribution in [0.2, 0.25) is 0 Å². The van der Waals surface area contributed by atoms with Crippen LogP contribution in [0, 0.1) is 5.41 Å². The fourth-order valence-corrected chi connectivity index (χ4v) is 3.07. The van der Waals surface area contributed by atoms with Crippen LogP contribution in [0.4, 0.5) is 0 Å². The van der Waals surface area contributed by atoms with Gasteiger partial charge < -0.3 is 10.2 Å². The van der Waals surface area contributed by atoms with Crippen LogP contribution >= 0.6 is 0 Å². The Bertz CT molecular complexity index is 704. The Kier molecular flexibility index (Phi) is 2.33. The van der Waals surface area contributed by atoms with Gasteiger partial charge in [0.15, 0.2) is 0 Å². The summed E-state index contributed by atoms with van der Waals surface area (Å²) in [4.78, 5) is 15.6. The number of aromatic nitrogens is 1. The molecule has 0 radical (unpaired) electrons. The molecule has 1 heterocycles. The monoisotopic (exact) mass is 257 g/mol. The summed E-state index contributed by atoms with van der Waals surface area (Å²) >= 11 is 0. The standard InChI is InChI=1S/C15H15NO3/c1-15(2)5-9-10(6-15)13(17)11-7-16-4-3-8(11)12(9)14(18)19/h3-4,7,17H,5-6H2,1-2H3,(H,18,19). The predicted octanol–water partition coefficient (Wildman–Crippen LogP) is 2.76. The summed E-state index contributed by atoms with van der Waals surface area (Å²) in [6, 6.07) is 1.66. The van der Waals surface area contributed by atoms with E-state index in [4.69, 9.17) is 0 Å². The molecule has 0 saturated heterocycles. The molecule has 0 amide bonds. The molecule has 0 unspecified atom stereocenters. The van der Waals surface area contributed by atoms with Gasteiger partial charge in [-0.15, -0.1) is 0 Å². The Hall–Kier alpha value is -2.10. The maximum atomic E-state index is 11.6. The molecule has 19 heavy (non-hydrogen) atoms. The van der Waals surface area contributed by atoms with E-state index < -0.39 is 5.97 Å². The Morgan fingerprint density at radius 3 is 2.63 bits per heavy atom. The van der Waals surface area contributed by atoms with Gasteiger partial charge in [0.1, 0.15) is 5.75 Å². The second-order valence-electron chi connectivity index (χ2n) is 5.92. The van der Waals surface area contributed by atoms with Gasteiger partial charge in [0.2, 0.25) is 0 Å². The normalized spacial score (nSPS) is 16.5. The highest BCUT2D eigenvalue weighted by Crippen LogP contribution is 2.45. The number of fused-ring (bicyclic) bond motifs is 2.